The van der Waals surface area contributed by atoms with Crippen LogP contribution in [-0.4, -0.2) is 5.11 Å². The lowest BCUT2D eigenvalue weighted by molar-refractivity contribution is 0.0480. The molecular weight excluding hydrogens is 288 g/mol. The summed E-state index contributed by atoms with van der Waals surface area (Å²) < 4.78 is 1.03. The molecule has 0 fully saturated rings. The van der Waals surface area contributed by atoms with Gasteiger partial charge in [-0.25, -0.2) is 0 Å². The molecule has 2 heteroatoms. The first-order valence-electron chi connectivity index (χ1n) is 6.10. The number of rotatable bonds is 4. The molecule has 0 aliphatic carbocycles. The van der Waals surface area contributed by atoms with Crippen LogP contribution in [0.15, 0.2) is 59.1 Å². The Morgan fingerprint density at radius 3 is 2.22 bits per heavy atom. The number of benzene rings is 2. The van der Waals surface area contributed by atoms with Crippen molar-refractivity contribution in [3.63, 3.8) is 0 Å². The van der Waals surface area contributed by atoms with E-state index in [1.807, 2.05) is 49.4 Å². The van der Waals surface area contributed by atoms with Gasteiger partial charge in [-0.3, -0.25) is 0 Å². The molecule has 18 heavy (non-hydrogen) atoms. The van der Waals surface area contributed by atoms with Crippen molar-refractivity contribution in [2.75, 3.05) is 0 Å². The van der Waals surface area contributed by atoms with E-state index in [1.54, 1.807) is 0 Å². The number of aryl methyl sites for hydroxylation is 1. The Hall–Kier alpha value is -1.12. The van der Waals surface area contributed by atoms with Crippen LogP contribution in [0, 0.1) is 0 Å². The minimum absolute atomic E-state index is 0.721. The first-order chi connectivity index (χ1) is 8.58. The number of halogens is 1. The maximum absolute atomic E-state index is 10.5. The van der Waals surface area contributed by atoms with E-state index in [0.29, 0.717) is 0 Å². The SMILES string of the molecule is CC(O)(CCc1ccccc1)c1ccc(Br)cc1. The zero-order chi connectivity index (χ0) is 13.0. The maximum atomic E-state index is 10.5. The Kier molecular flexibility index (Phi) is 4.20. The molecule has 1 N–H and O–H groups in total. The fraction of sp³-hybridized carbons (Fsp3) is 0.250. The Morgan fingerprint density at radius 1 is 1.00 bits per heavy atom. The number of hydrogen-bond acceptors (Lipinski definition) is 1. The van der Waals surface area contributed by atoms with Gasteiger partial charge in [0.1, 0.15) is 0 Å². The molecule has 0 saturated heterocycles. The van der Waals surface area contributed by atoms with Crippen LogP contribution in [0.1, 0.15) is 24.5 Å². The average molecular weight is 305 g/mol. The smallest absolute Gasteiger partial charge is 0.0871 e. The molecule has 0 saturated carbocycles. The van der Waals surface area contributed by atoms with Gasteiger partial charge in [-0.1, -0.05) is 58.4 Å². The van der Waals surface area contributed by atoms with Gasteiger partial charge in [0.25, 0.3) is 0 Å². The van der Waals surface area contributed by atoms with Crippen molar-refractivity contribution >= 4 is 15.9 Å². The van der Waals surface area contributed by atoms with E-state index >= 15 is 0 Å². The van der Waals surface area contributed by atoms with E-state index < -0.39 is 5.60 Å². The second-order valence-electron chi connectivity index (χ2n) is 4.77. The van der Waals surface area contributed by atoms with Crippen LogP contribution >= 0.6 is 15.9 Å². The molecule has 0 amide bonds. The molecule has 2 rings (SSSR count). The van der Waals surface area contributed by atoms with Gasteiger partial charge < -0.3 is 5.11 Å². The van der Waals surface area contributed by atoms with Crippen LogP contribution in [0.4, 0.5) is 0 Å². The molecule has 0 radical (unpaired) electrons. The second kappa shape index (κ2) is 5.68. The van der Waals surface area contributed by atoms with Crippen LogP contribution in [0.5, 0.6) is 0 Å². The van der Waals surface area contributed by atoms with Crippen molar-refractivity contribution in [3.8, 4) is 0 Å². The van der Waals surface area contributed by atoms with Crippen molar-refractivity contribution in [1.82, 2.24) is 0 Å². The summed E-state index contributed by atoms with van der Waals surface area (Å²) in [5.41, 5.74) is 1.44. The second-order valence-corrected chi connectivity index (χ2v) is 5.68. The number of hydrogen-bond donors (Lipinski definition) is 1. The minimum atomic E-state index is -0.781. The Labute approximate surface area is 117 Å². The summed E-state index contributed by atoms with van der Waals surface area (Å²) in [6.45, 7) is 1.87. The normalized spacial score (nSPS) is 14.2. The van der Waals surface area contributed by atoms with E-state index in [-0.39, 0.29) is 0 Å². The summed E-state index contributed by atoms with van der Waals surface area (Å²) in [6, 6.07) is 18.1. The van der Waals surface area contributed by atoms with Crippen molar-refractivity contribution in [2.45, 2.75) is 25.4 Å². The third-order valence-corrected chi connectivity index (χ3v) is 3.74. The fourth-order valence-corrected chi connectivity index (χ4v) is 2.25. The predicted octanol–water partition coefficient (Wildman–Crippen LogP) is 4.29. The standard InChI is InChI=1S/C16H17BrO/c1-16(18,14-7-9-15(17)10-8-14)12-11-13-5-3-2-4-6-13/h2-10,18H,11-12H2,1H3. The zero-order valence-corrected chi connectivity index (χ0v) is 12.0. The highest BCUT2D eigenvalue weighted by Gasteiger charge is 2.22. The van der Waals surface area contributed by atoms with Crippen molar-refractivity contribution in [1.29, 1.82) is 0 Å². The van der Waals surface area contributed by atoms with Crippen LogP contribution in [0.2, 0.25) is 0 Å². The maximum Gasteiger partial charge on any atom is 0.0871 e. The van der Waals surface area contributed by atoms with Crippen molar-refractivity contribution in [3.05, 3.63) is 70.2 Å². The summed E-state index contributed by atoms with van der Waals surface area (Å²) in [4.78, 5) is 0. The van der Waals surface area contributed by atoms with Gasteiger partial charge in [-0.05, 0) is 43.0 Å². The first kappa shape index (κ1) is 13.3. The van der Waals surface area contributed by atoms with Gasteiger partial charge in [0, 0.05) is 4.47 Å². The lowest BCUT2D eigenvalue weighted by Gasteiger charge is -2.24. The molecule has 0 heterocycles. The molecule has 0 bridgehead atoms. The summed E-state index contributed by atoms with van der Waals surface area (Å²) in [5.74, 6) is 0. The third-order valence-electron chi connectivity index (χ3n) is 3.21. The zero-order valence-electron chi connectivity index (χ0n) is 10.4. The molecule has 1 atom stereocenters. The molecular formula is C16H17BrO. The van der Waals surface area contributed by atoms with E-state index in [1.165, 1.54) is 5.56 Å². The third kappa shape index (κ3) is 3.44. The molecule has 1 nitrogen and oxygen atoms in total. The quantitative estimate of drug-likeness (QED) is 0.893. The molecule has 94 valence electrons. The highest BCUT2D eigenvalue weighted by Crippen LogP contribution is 2.27. The molecule has 1 unspecified atom stereocenters. The van der Waals surface area contributed by atoms with Gasteiger partial charge in [0.2, 0.25) is 0 Å². The Balaban J connectivity index is 2.05. The van der Waals surface area contributed by atoms with Crippen LogP contribution in [0.25, 0.3) is 0 Å². The van der Waals surface area contributed by atoms with Gasteiger partial charge >= 0.3 is 0 Å². The summed E-state index contributed by atoms with van der Waals surface area (Å²) >= 11 is 3.41. The monoisotopic (exact) mass is 304 g/mol. The van der Waals surface area contributed by atoms with Gasteiger partial charge in [-0.15, -0.1) is 0 Å². The summed E-state index contributed by atoms with van der Waals surface area (Å²) in [5, 5.41) is 10.5. The highest BCUT2D eigenvalue weighted by molar-refractivity contribution is 9.10. The van der Waals surface area contributed by atoms with Crippen molar-refractivity contribution in [2.24, 2.45) is 0 Å². The van der Waals surface area contributed by atoms with Crippen LogP contribution in [-0.2, 0) is 12.0 Å². The van der Waals surface area contributed by atoms with Gasteiger partial charge in [0.05, 0.1) is 5.60 Å². The van der Waals surface area contributed by atoms with Crippen LogP contribution in [0.3, 0.4) is 0 Å². The predicted molar refractivity (Wildman–Crippen MR) is 78.5 cm³/mol. The summed E-state index contributed by atoms with van der Waals surface area (Å²) in [6.07, 6.45) is 1.60. The Morgan fingerprint density at radius 2 is 1.61 bits per heavy atom. The molecule has 2 aromatic rings. The number of aliphatic hydroxyl groups is 1. The molecule has 2 aromatic carbocycles. The van der Waals surface area contributed by atoms with Crippen LogP contribution < -0.4 is 0 Å². The molecule has 0 spiro atoms. The summed E-state index contributed by atoms with van der Waals surface area (Å²) in [7, 11) is 0. The molecule has 0 aliphatic rings. The lowest BCUT2D eigenvalue weighted by Crippen LogP contribution is -2.21. The topological polar surface area (TPSA) is 20.2 Å². The average Bonchev–Trinajstić information content (AvgIpc) is 2.38. The lowest BCUT2D eigenvalue weighted by atomic mass is 9.89. The minimum Gasteiger partial charge on any atom is -0.385 e. The van der Waals surface area contributed by atoms with Crippen molar-refractivity contribution < 1.29 is 5.11 Å². The van der Waals surface area contributed by atoms with E-state index in [9.17, 15) is 5.11 Å². The first-order valence-corrected chi connectivity index (χ1v) is 6.89. The fourth-order valence-electron chi connectivity index (χ4n) is 1.99. The Bertz CT molecular complexity index is 488. The van der Waals surface area contributed by atoms with Gasteiger partial charge in [0.15, 0.2) is 0 Å². The highest BCUT2D eigenvalue weighted by atomic mass is 79.9. The molecule has 0 aromatic heterocycles. The largest absolute Gasteiger partial charge is 0.385 e. The van der Waals surface area contributed by atoms with Gasteiger partial charge in [-0.2, -0.15) is 0 Å². The van der Waals surface area contributed by atoms with E-state index in [0.717, 1.165) is 22.9 Å². The molecule has 0 aliphatic heterocycles. The van der Waals surface area contributed by atoms with E-state index in [2.05, 4.69) is 28.1 Å². The van der Waals surface area contributed by atoms with E-state index in [4.69, 9.17) is 0 Å².